The third-order valence-electron chi connectivity index (χ3n) is 7.76. The van der Waals surface area contributed by atoms with Gasteiger partial charge in [-0.3, -0.25) is 10.2 Å². The van der Waals surface area contributed by atoms with Crippen LogP contribution in [0, 0.1) is 35.6 Å². The number of aryl methyl sites for hydroxylation is 4. The van der Waals surface area contributed by atoms with Gasteiger partial charge in [0.05, 0.1) is 23.4 Å². The number of rotatable bonds is 6. The fourth-order valence-electron chi connectivity index (χ4n) is 3.88. The van der Waals surface area contributed by atoms with Crippen molar-refractivity contribution in [1.29, 1.82) is 0 Å². The van der Waals surface area contributed by atoms with Crippen LogP contribution in [0.4, 0.5) is 0 Å². The van der Waals surface area contributed by atoms with E-state index in [2.05, 4.69) is 37.9 Å². The monoisotopic (exact) mass is 732 g/mol. The number of phenols is 2. The predicted molar refractivity (Wildman–Crippen MR) is 212 cm³/mol. The van der Waals surface area contributed by atoms with Crippen molar-refractivity contribution >= 4 is 35.8 Å². The van der Waals surface area contributed by atoms with Crippen LogP contribution in [-0.4, -0.2) is 57.2 Å². The molecule has 48 heavy (non-hydrogen) atoms. The van der Waals surface area contributed by atoms with E-state index < -0.39 is 5.60 Å². The minimum atomic E-state index is -0.417. The highest BCUT2D eigenvalue weighted by Crippen LogP contribution is 2.46. The first-order chi connectivity index (χ1) is 20.0. The molecule has 2 heterocycles. The maximum Gasteiger partial charge on any atom is 0.175 e. The van der Waals surface area contributed by atoms with Gasteiger partial charge in [0.1, 0.15) is 18.3 Å². The molecular weight excluding hydrogens is 665 g/mol. The highest BCUT2D eigenvalue weighted by Gasteiger charge is 2.55. The number of H-pyrrole nitrogens is 2. The number of epoxide rings is 1. The Morgan fingerprint density at radius 1 is 0.729 bits per heavy atom. The van der Waals surface area contributed by atoms with Crippen molar-refractivity contribution in [3.05, 3.63) is 65.6 Å². The molecule has 0 aliphatic carbocycles. The second kappa shape index (κ2) is 21.2. The van der Waals surface area contributed by atoms with Crippen LogP contribution < -0.4 is 0 Å². The van der Waals surface area contributed by atoms with Gasteiger partial charge in [-0.15, -0.1) is 0 Å². The summed E-state index contributed by atoms with van der Waals surface area (Å²) in [5.41, 5.74) is 5.18. The Morgan fingerprint density at radius 3 is 1.27 bits per heavy atom. The minimum Gasteiger partial charge on any atom is -0.507 e. The highest BCUT2D eigenvalue weighted by atomic mass is 32.2. The van der Waals surface area contributed by atoms with Crippen LogP contribution in [-0.2, 0) is 25.2 Å². The van der Waals surface area contributed by atoms with Gasteiger partial charge < -0.3 is 29.5 Å². The van der Waals surface area contributed by atoms with E-state index in [1.807, 2.05) is 79.7 Å². The molecule has 1 saturated heterocycles. The van der Waals surface area contributed by atoms with Crippen LogP contribution in [0.25, 0.3) is 0 Å². The SMILES string of the molecule is C.C.C.C.CC1(C)OC1(C)C.COCOC(C)(C)c1cc(C)c(O)c(C)c1.Cc1cc(C(C)(C)CO)cc(C)c1O.S=c1[nH][nH]c(=S)s1. The van der Waals surface area contributed by atoms with Crippen molar-refractivity contribution in [2.45, 2.75) is 135 Å². The zero-order chi connectivity index (χ0) is 34.3. The van der Waals surface area contributed by atoms with Crippen molar-refractivity contribution in [2.75, 3.05) is 20.5 Å². The molecule has 11 heteroatoms. The van der Waals surface area contributed by atoms with E-state index in [4.69, 9.17) is 38.6 Å². The zero-order valence-electron chi connectivity index (χ0n) is 28.5. The van der Waals surface area contributed by atoms with Crippen LogP contribution in [0.1, 0.15) is 118 Å². The average molecular weight is 733 g/mol. The first-order valence-electron chi connectivity index (χ1n) is 14.3. The Bertz CT molecular complexity index is 1400. The number of aliphatic hydroxyl groups excluding tert-OH is 1. The predicted octanol–water partition coefficient (Wildman–Crippen LogP) is 11.1. The van der Waals surface area contributed by atoms with Crippen molar-refractivity contribution in [3.63, 3.8) is 0 Å². The summed E-state index contributed by atoms with van der Waals surface area (Å²) >= 11 is 10.8. The summed E-state index contributed by atoms with van der Waals surface area (Å²) < 4.78 is 17.2. The van der Waals surface area contributed by atoms with E-state index in [1.54, 1.807) is 7.11 Å². The van der Waals surface area contributed by atoms with E-state index >= 15 is 0 Å². The summed E-state index contributed by atoms with van der Waals surface area (Å²) in [5, 5.41) is 33.9. The Morgan fingerprint density at radius 2 is 1.04 bits per heavy atom. The zero-order valence-corrected chi connectivity index (χ0v) is 31.0. The number of aliphatic hydroxyl groups is 1. The number of aromatic hydroxyl groups is 2. The number of aromatic nitrogens is 2. The van der Waals surface area contributed by atoms with Crippen LogP contribution >= 0.6 is 35.8 Å². The lowest BCUT2D eigenvalue weighted by molar-refractivity contribution is -0.118. The molecule has 0 amide bonds. The lowest BCUT2D eigenvalue weighted by Gasteiger charge is -2.26. The molecule has 0 unspecified atom stereocenters. The smallest absolute Gasteiger partial charge is 0.175 e. The number of nitrogens with one attached hydrogen (secondary N) is 2. The van der Waals surface area contributed by atoms with Gasteiger partial charge in [-0.25, -0.2) is 0 Å². The Balaban J connectivity index is -0.000000276. The lowest BCUT2D eigenvalue weighted by Crippen LogP contribution is -2.23. The van der Waals surface area contributed by atoms with Crippen molar-refractivity contribution < 1.29 is 29.5 Å². The number of methoxy groups -OCH3 is 1. The van der Waals surface area contributed by atoms with E-state index in [-0.39, 0.29) is 59.7 Å². The first kappa shape index (κ1) is 52.7. The molecule has 8 nitrogen and oxygen atoms in total. The number of phenolic OH excluding ortho intramolecular Hbond substituents is 2. The second-order valence-corrected chi connectivity index (χ2v) is 15.4. The molecule has 3 aromatic rings. The maximum atomic E-state index is 9.71. The molecule has 1 aliphatic heterocycles. The summed E-state index contributed by atoms with van der Waals surface area (Å²) in [6, 6.07) is 7.74. The average Bonchev–Trinajstić information content (AvgIpc) is 3.16. The molecular formula is C37H68N2O6S3. The van der Waals surface area contributed by atoms with E-state index in [9.17, 15) is 15.3 Å². The van der Waals surface area contributed by atoms with Crippen LogP contribution in [0.5, 0.6) is 11.5 Å². The quantitative estimate of drug-likeness (QED) is 0.0964. The molecule has 4 rings (SSSR count). The molecule has 1 aliphatic rings. The number of ether oxygens (including phenoxy) is 3. The fourth-order valence-corrected chi connectivity index (χ4v) is 5.01. The number of aromatic amines is 2. The molecule has 280 valence electrons. The summed E-state index contributed by atoms with van der Waals surface area (Å²) in [4.78, 5) is 0. The molecule has 0 spiro atoms. The number of benzene rings is 2. The Hall–Kier alpha value is -2.12. The first-order valence-corrected chi connectivity index (χ1v) is 16.0. The standard InChI is InChI=1S/C13H20O3.C12H18O2.C6H12O.C2H2N2S3.4CH4/c1-9-6-11(7-10(2)12(9)14)13(3,4)16-8-15-5;1-8-5-10(12(3,4)7-13)6-9(2)11(8)14;1-5(2)6(3,4)7-5;5-1-3-4-2(6)7-1;;;;/h6-7,14H,8H2,1-5H3;5-6,13-14H,7H2,1-4H3;1-4H3;(H,3,5)(H,4,6);4*1H4. The molecule has 1 aromatic heterocycles. The van der Waals surface area contributed by atoms with Gasteiger partial charge in [-0.05, 0) is 139 Å². The topological polar surface area (TPSA) is 123 Å². The Kier molecular flexibility index (Phi) is 23.2. The fraction of sp³-hybridized carbons (Fsp3) is 0.622. The van der Waals surface area contributed by atoms with Gasteiger partial charge in [0.15, 0.2) is 7.91 Å². The van der Waals surface area contributed by atoms with Crippen molar-refractivity contribution in [3.8, 4) is 11.5 Å². The second-order valence-electron chi connectivity index (χ2n) is 13.1. The third-order valence-corrected chi connectivity index (χ3v) is 9.04. The Labute approximate surface area is 306 Å². The normalized spacial score (nSPS) is 13.5. The number of hydrogen-bond acceptors (Lipinski definition) is 9. The van der Waals surface area contributed by atoms with Crippen molar-refractivity contribution in [1.82, 2.24) is 10.2 Å². The van der Waals surface area contributed by atoms with Gasteiger partial charge in [-0.2, -0.15) is 0 Å². The summed E-state index contributed by atoms with van der Waals surface area (Å²) in [5.74, 6) is 0.703. The lowest BCUT2D eigenvalue weighted by atomic mass is 9.84. The molecule has 0 bridgehead atoms. The van der Waals surface area contributed by atoms with Gasteiger partial charge in [0, 0.05) is 12.5 Å². The maximum absolute atomic E-state index is 9.71. The van der Waals surface area contributed by atoms with Crippen molar-refractivity contribution in [2.24, 2.45) is 0 Å². The number of hydrogen-bond donors (Lipinski definition) is 5. The molecule has 0 saturated carbocycles. The summed E-state index contributed by atoms with van der Waals surface area (Å²) in [7, 11) is 1.60. The largest absolute Gasteiger partial charge is 0.507 e. The van der Waals surface area contributed by atoms with E-state index in [0.717, 1.165) is 33.4 Å². The van der Waals surface area contributed by atoms with Gasteiger partial charge in [-0.1, -0.05) is 67.0 Å². The molecule has 1 fully saturated rings. The summed E-state index contributed by atoms with van der Waals surface area (Å²) in [6.45, 7) is 24.2. The van der Waals surface area contributed by atoms with Gasteiger partial charge in [0.2, 0.25) is 0 Å². The van der Waals surface area contributed by atoms with Crippen LogP contribution in [0.15, 0.2) is 24.3 Å². The molecule has 5 N–H and O–H groups in total. The minimum absolute atomic E-state index is 0. The van der Waals surface area contributed by atoms with E-state index in [1.165, 1.54) is 11.3 Å². The third kappa shape index (κ3) is 15.6. The van der Waals surface area contributed by atoms with Crippen LogP contribution in [0.3, 0.4) is 0 Å². The highest BCUT2D eigenvalue weighted by molar-refractivity contribution is 7.75. The summed E-state index contributed by atoms with van der Waals surface area (Å²) in [6.07, 6.45) is 0. The van der Waals surface area contributed by atoms with E-state index in [0.29, 0.717) is 19.4 Å². The molecule has 0 radical (unpaired) electrons. The van der Waals surface area contributed by atoms with Gasteiger partial charge in [0.25, 0.3) is 0 Å². The van der Waals surface area contributed by atoms with Gasteiger partial charge >= 0.3 is 0 Å². The molecule has 2 aromatic carbocycles. The van der Waals surface area contributed by atoms with Crippen LogP contribution in [0.2, 0.25) is 0 Å². The molecule has 0 atom stereocenters.